The number of morpholine rings is 1. The molecule has 0 spiro atoms. The van der Waals surface area contributed by atoms with Crippen molar-refractivity contribution in [3.05, 3.63) is 69.4 Å². The molecule has 1 atom stereocenters. The summed E-state index contributed by atoms with van der Waals surface area (Å²) in [6, 6.07) is 2.14. The molecule has 3 aromatic heterocycles. The highest BCUT2D eigenvalue weighted by molar-refractivity contribution is 5.98. The van der Waals surface area contributed by atoms with Crippen LogP contribution >= 0.6 is 0 Å². The maximum Gasteiger partial charge on any atom is 0.341 e. The maximum atomic E-state index is 15.5. The lowest BCUT2D eigenvalue weighted by Gasteiger charge is -2.32. The third kappa shape index (κ3) is 4.21. The molecule has 1 aromatic carbocycles. The van der Waals surface area contributed by atoms with E-state index >= 15 is 4.39 Å². The number of ether oxygens (including phenoxy) is 1. The number of aromatic carboxylic acids is 1. The number of hydrogen-bond donors (Lipinski definition) is 3. The molecule has 41 heavy (non-hydrogen) atoms. The van der Waals surface area contributed by atoms with Crippen molar-refractivity contribution in [1.29, 1.82) is 0 Å². The Hall–Kier alpha value is -4.42. The maximum absolute atomic E-state index is 15.5. The number of anilines is 2. The van der Waals surface area contributed by atoms with Crippen molar-refractivity contribution in [2.45, 2.75) is 19.4 Å². The standard InChI is InChI=1S/C29H27F2N5O5/c1-14(13-37)36-12-19(29(39)40)27(38)17-7-15(10-34-28(17)36)18-11-33-22-8-16-21(32-2)9-20(30)25(31)23(16)24(22)26(18)35-3-5-41-6-4-35/h7,9-12,14,32,37H,3-6,8,13H2,1-2H3,(H,39,40). The Morgan fingerprint density at radius 3 is 2.61 bits per heavy atom. The highest BCUT2D eigenvalue weighted by atomic mass is 19.2. The zero-order chi connectivity index (χ0) is 29.0. The number of carbonyl (C=O) groups is 1. The molecule has 0 radical (unpaired) electrons. The fourth-order valence-electron chi connectivity index (χ4n) is 5.72. The smallest absolute Gasteiger partial charge is 0.341 e. The minimum Gasteiger partial charge on any atom is -0.477 e. The lowest BCUT2D eigenvalue weighted by Crippen LogP contribution is -2.37. The summed E-state index contributed by atoms with van der Waals surface area (Å²) in [7, 11) is 1.65. The molecule has 1 unspecified atom stereocenters. The van der Waals surface area contributed by atoms with Crippen molar-refractivity contribution in [2.75, 3.05) is 50.2 Å². The van der Waals surface area contributed by atoms with E-state index in [1.165, 1.54) is 17.0 Å². The van der Waals surface area contributed by atoms with Gasteiger partial charge in [0.15, 0.2) is 11.6 Å². The number of pyridine rings is 3. The van der Waals surface area contributed by atoms with E-state index in [1.54, 1.807) is 26.2 Å². The molecule has 4 aromatic rings. The van der Waals surface area contributed by atoms with Crippen LogP contribution in [0, 0.1) is 11.6 Å². The Morgan fingerprint density at radius 2 is 1.93 bits per heavy atom. The van der Waals surface area contributed by atoms with Gasteiger partial charge < -0.3 is 29.7 Å². The van der Waals surface area contributed by atoms with Crippen molar-refractivity contribution >= 4 is 28.4 Å². The van der Waals surface area contributed by atoms with Crippen LogP contribution in [0.2, 0.25) is 0 Å². The molecule has 0 bridgehead atoms. The first kappa shape index (κ1) is 26.8. The number of fused-ring (bicyclic) bond motifs is 4. The zero-order valence-electron chi connectivity index (χ0n) is 22.4. The molecule has 1 aliphatic carbocycles. The zero-order valence-corrected chi connectivity index (χ0v) is 22.4. The predicted octanol–water partition coefficient (Wildman–Crippen LogP) is 3.44. The number of aliphatic hydroxyl groups is 1. The third-order valence-electron chi connectivity index (χ3n) is 7.80. The van der Waals surface area contributed by atoms with Crippen LogP contribution in [0.5, 0.6) is 0 Å². The van der Waals surface area contributed by atoms with Crippen LogP contribution in [0.1, 0.15) is 34.6 Å². The summed E-state index contributed by atoms with van der Waals surface area (Å²) in [6.07, 6.45) is 4.65. The number of rotatable bonds is 6. The summed E-state index contributed by atoms with van der Waals surface area (Å²) in [5, 5.41) is 22.4. The van der Waals surface area contributed by atoms with Gasteiger partial charge in [-0.2, -0.15) is 0 Å². The molecule has 3 N–H and O–H groups in total. The molecule has 10 nitrogen and oxygen atoms in total. The van der Waals surface area contributed by atoms with Gasteiger partial charge in [0, 0.05) is 79.2 Å². The molecule has 2 aliphatic rings. The summed E-state index contributed by atoms with van der Waals surface area (Å²) in [5.41, 5.74) is 2.91. The predicted molar refractivity (Wildman–Crippen MR) is 149 cm³/mol. The Balaban J connectivity index is 1.65. The number of nitrogens with one attached hydrogen (secondary N) is 1. The first-order chi connectivity index (χ1) is 19.7. The van der Waals surface area contributed by atoms with Crippen LogP contribution in [0.4, 0.5) is 20.2 Å². The largest absolute Gasteiger partial charge is 0.477 e. The van der Waals surface area contributed by atoms with Crippen LogP contribution in [-0.4, -0.2) is 70.7 Å². The topological polar surface area (TPSA) is 130 Å². The van der Waals surface area contributed by atoms with E-state index in [2.05, 4.69) is 15.3 Å². The van der Waals surface area contributed by atoms with Crippen molar-refractivity contribution in [1.82, 2.24) is 14.5 Å². The summed E-state index contributed by atoms with van der Waals surface area (Å²) in [6.45, 7) is 3.21. The normalized spacial score (nSPS) is 15.1. The molecule has 1 saturated heterocycles. The van der Waals surface area contributed by atoms with Gasteiger partial charge in [-0.15, -0.1) is 0 Å². The molecule has 4 heterocycles. The van der Waals surface area contributed by atoms with Gasteiger partial charge in [0.1, 0.15) is 11.2 Å². The van der Waals surface area contributed by atoms with E-state index in [9.17, 15) is 24.2 Å². The van der Waals surface area contributed by atoms with Crippen molar-refractivity contribution in [3.8, 4) is 22.3 Å². The number of aromatic nitrogens is 3. The van der Waals surface area contributed by atoms with E-state index in [4.69, 9.17) is 4.74 Å². The second-order valence-corrected chi connectivity index (χ2v) is 10.2. The minimum atomic E-state index is -1.40. The van der Waals surface area contributed by atoms with Crippen molar-refractivity contribution < 1.29 is 28.5 Å². The van der Waals surface area contributed by atoms with E-state index < -0.39 is 34.6 Å². The monoisotopic (exact) mass is 563 g/mol. The van der Waals surface area contributed by atoms with E-state index in [0.717, 1.165) is 6.07 Å². The van der Waals surface area contributed by atoms with E-state index in [0.29, 0.717) is 72.0 Å². The van der Waals surface area contributed by atoms with Gasteiger partial charge in [-0.3, -0.25) is 9.78 Å². The lowest BCUT2D eigenvalue weighted by molar-refractivity contribution is 0.0694. The second kappa shape index (κ2) is 10.2. The number of halogens is 2. The van der Waals surface area contributed by atoms with Crippen molar-refractivity contribution in [2.24, 2.45) is 0 Å². The number of carboxylic acids is 1. The summed E-state index contributed by atoms with van der Waals surface area (Å²) >= 11 is 0. The van der Waals surface area contributed by atoms with E-state index in [1.807, 2.05) is 4.90 Å². The summed E-state index contributed by atoms with van der Waals surface area (Å²) in [4.78, 5) is 36.4. The number of carboxylic acid groups (broad SMARTS) is 1. The average molecular weight is 564 g/mol. The molecule has 12 heteroatoms. The minimum absolute atomic E-state index is 0.0474. The highest BCUT2D eigenvalue weighted by Crippen LogP contribution is 2.50. The van der Waals surface area contributed by atoms with Crippen LogP contribution in [0.25, 0.3) is 33.3 Å². The van der Waals surface area contributed by atoms with Gasteiger partial charge in [-0.25, -0.2) is 18.6 Å². The summed E-state index contributed by atoms with van der Waals surface area (Å²) < 4.78 is 37.3. The average Bonchev–Trinajstić information content (AvgIpc) is 3.38. The van der Waals surface area contributed by atoms with Crippen molar-refractivity contribution in [3.63, 3.8) is 0 Å². The van der Waals surface area contributed by atoms with Gasteiger partial charge in [-0.1, -0.05) is 0 Å². The fraction of sp³-hybridized carbons (Fsp3) is 0.310. The SMILES string of the molecule is CNc1cc(F)c(F)c2c1Cc1ncc(-c3cnc4c(c3)c(=O)c(C(=O)O)cn4C(C)CO)c(N3CCOCC3)c1-2. The second-order valence-electron chi connectivity index (χ2n) is 10.2. The molecule has 0 saturated carbocycles. The van der Waals surface area contributed by atoms with Gasteiger partial charge in [0.05, 0.1) is 42.6 Å². The summed E-state index contributed by atoms with van der Waals surface area (Å²) in [5.74, 6) is -3.34. The Morgan fingerprint density at radius 1 is 1.17 bits per heavy atom. The first-order valence-electron chi connectivity index (χ1n) is 13.2. The molecule has 0 amide bonds. The molecule has 6 rings (SSSR count). The fourth-order valence-corrected chi connectivity index (χ4v) is 5.72. The van der Waals surface area contributed by atoms with Gasteiger partial charge in [0.2, 0.25) is 5.43 Å². The van der Waals surface area contributed by atoms with Gasteiger partial charge >= 0.3 is 5.97 Å². The highest BCUT2D eigenvalue weighted by Gasteiger charge is 2.34. The molecule has 1 fully saturated rings. The Kier molecular flexibility index (Phi) is 6.66. The third-order valence-corrected chi connectivity index (χ3v) is 7.80. The Labute approximate surface area is 232 Å². The number of aliphatic hydroxyl groups excluding tert-OH is 1. The van der Waals surface area contributed by atoms with Crippen LogP contribution in [-0.2, 0) is 11.2 Å². The van der Waals surface area contributed by atoms with Crippen LogP contribution in [0.15, 0.2) is 35.5 Å². The first-order valence-corrected chi connectivity index (χ1v) is 13.2. The van der Waals surface area contributed by atoms with Gasteiger partial charge in [-0.05, 0) is 18.6 Å². The molecular weight excluding hydrogens is 536 g/mol. The lowest BCUT2D eigenvalue weighted by atomic mass is 9.96. The number of hydrogen-bond acceptors (Lipinski definition) is 8. The quantitative estimate of drug-likeness (QED) is 0.285. The number of benzene rings is 1. The number of nitrogens with zero attached hydrogens (tertiary/aromatic N) is 4. The van der Waals surface area contributed by atoms with E-state index in [-0.39, 0.29) is 23.2 Å². The van der Waals surface area contributed by atoms with Gasteiger partial charge in [0.25, 0.3) is 0 Å². The van der Waals surface area contributed by atoms with Crippen LogP contribution < -0.4 is 15.6 Å². The van der Waals surface area contributed by atoms with Crippen LogP contribution in [0.3, 0.4) is 0 Å². The Bertz CT molecular complexity index is 1780. The molecule has 1 aliphatic heterocycles. The molecular formula is C29H27F2N5O5. The molecule has 212 valence electrons.